The summed E-state index contributed by atoms with van der Waals surface area (Å²) >= 11 is 0. The highest BCUT2D eigenvalue weighted by Crippen LogP contribution is 2.19. The number of aromatic amines is 1. The molecule has 0 spiro atoms. The number of hydrogen-bond donors (Lipinski definition) is 2. The third kappa shape index (κ3) is 2.08. The molecule has 0 saturated carbocycles. The standard InChI is InChI=1S/C11H14N2O3/c1-16-11(15)3-2-7-5-12-9-6-13-10(14)4-8(7)9/h5,12H,2-4,6H2,1H3,(H,13,14)/i7+1. The van der Waals surface area contributed by atoms with Gasteiger partial charge in [-0.1, -0.05) is 0 Å². The largest absolute Gasteiger partial charge is 0.469 e. The van der Waals surface area contributed by atoms with Gasteiger partial charge < -0.3 is 15.0 Å². The minimum absolute atomic E-state index is 0.0337. The van der Waals surface area contributed by atoms with Crippen LogP contribution in [-0.4, -0.2) is 24.0 Å². The SMILES string of the molecule is COC(=O)CC[13c]1c[nH]c2c1CC(=O)NC2. The van der Waals surface area contributed by atoms with Gasteiger partial charge in [-0.3, -0.25) is 9.59 Å². The maximum absolute atomic E-state index is 11.3. The van der Waals surface area contributed by atoms with Gasteiger partial charge in [0.15, 0.2) is 0 Å². The summed E-state index contributed by atoms with van der Waals surface area (Å²) in [7, 11) is 1.38. The van der Waals surface area contributed by atoms with Gasteiger partial charge >= 0.3 is 5.97 Å². The molecule has 0 aromatic carbocycles. The van der Waals surface area contributed by atoms with Gasteiger partial charge in [0, 0.05) is 18.3 Å². The molecule has 0 aliphatic carbocycles. The Bertz CT molecular complexity index is 423. The normalized spacial score (nSPS) is 14.2. The highest BCUT2D eigenvalue weighted by atomic mass is 16.5. The number of fused-ring (bicyclic) bond motifs is 1. The van der Waals surface area contributed by atoms with E-state index >= 15 is 0 Å². The lowest BCUT2D eigenvalue weighted by atomic mass is 10.1. The van der Waals surface area contributed by atoms with Crippen LogP contribution in [0, 0.1) is 0 Å². The summed E-state index contributed by atoms with van der Waals surface area (Å²) in [5.41, 5.74) is 3.11. The Labute approximate surface area is 93.2 Å². The molecular formula is C11H14N2O3. The quantitative estimate of drug-likeness (QED) is 0.724. The lowest BCUT2D eigenvalue weighted by Crippen LogP contribution is -2.30. The molecule has 16 heavy (non-hydrogen) atoms. The van der Waals surface area contributed by atoms with E-state index < -0.39 is 0 Å². The minimum atomic E-state index is -0.227. The van der Waals surface area contributed by atoms with Crippen molar-refractivity contribution in [3.63, 3.8) is 0 Å². The van der Waals surface area contributed by atoms with Crippen LogP contribution in [0.3, 0.4) is 0 Å². The van der Waals surface area contributed by atoms with Gasteiger partial charge in [-0.2, -0.15) is 0 Å². The Kier molecular flexibility index (Phi) is 2.94. The molecule has 5 nitrogen and oxygen atoms in total. The van der Waals surface area contributed by atoms with Crippen molar-refractivity contribution in [2.45, 2.75) is 25.8 Å². The maximum atomic E-state index is 11.3. The molecule has 1 aliphatic heterocycles. The lowest BCUT2D eigenvalue weighted by molar-refractivity contribution is -0.140. The van der Waals surface area contributed by atoms with Crippen LogP contribution >= 0.6 is 0 Å². The van der Waals surface area contributed by atoms with Crippen molar-refractivity contribution in [2.75, 3.05) is 7.11 Å². The summed E-state index contributed by atoms with van der Waals surface area (Å²) < 4.78 is 4.59. The molecule has 1 aromatic rings. The first kappa shape index (κ1) is 10.7. The number of carbonyl (C=O) groups is 2. The number of methoxy groups -OCH3 is 1. The Morgan fingerprint density at radius 3 is 3.12 bits per heavy atom. The number of carbonyl (C=O) groups excluding carboxylic acids is 2. The number of aromatic nitrogens is 1. The molecule has 1 aromatic heterocycles. The molecule has 5 heteroatoms. The van der Waals surface area contributed by atoms with Gasteiger partial charge in [-0.05, 0) is 17.5 Å². The molecule has 86 valence electrons. The summed E-state index contributed by atoms with van der Waals surface area (Å²) in [5.74, 6) is -0.193. The summed E-state index contributed by atoms with van der Waals surface area (Å²) in [6.45, 7) is 0.548. The number of esters is 1. The van der Waals surface area contributed by atoms with Crippen LogP contribution in [0.4, 0.5) is 0 Å². The molecule has 1 aliphatic rings. The molecule has 0 saturated heterocycles. The number of H-pyrrole nitrogens is 1. The van der Waals surface area contributed by atoms with E-state index in [0.29, 0.717) is 25.8 Å². The van der Waals surface area contributed by atoms with E-state index in [1.807, 2.05) is 6.20 Å². The van der Waals surface area contributed by atoms with Crippen LogP contribution in [0.2, 0.25) is 0 Å². The number of rotatable bonds is 3. The van der Waals surface area contributed by atoms with Crippen molar-refractivity contribution in [1.29, 1.82) is 0 Å². The maximum Gasteiger partial charge on any atom is 0.305 e. The van der Waals surface area contributed by atoms with E-state index in [-0.39, 0.29) is 11.9 Å². The monoisotopic (exact) mass is 223 g/mol. The highest BCUT2D eigenvalue weighted by molar-refractivity contribution is 5.81. The van der Waals surface area contributed by atoms with E-state index in [2.05, 4.69) is 15.0 Å². The molecular weight excluding hydrogens is 209 g/mol. The predicted molar refractivity (Wildman–Crippen MR) is 56.7 cm³/mol. The van der Waals surface area contributed by atoms with Crippen molar-refractivity contribution in [3.8, 4) is 0 Å². The first-order valence-corrected chi connectivity index (χ1v) is 5.22. The average molecular weight is 223 g/mol. The fraction of sp³-hybridized carbons (Fsp3) is 0.455. The fourth-order valence-electron chi connectivity index (χ4n) is 1.89. The molecule has 1 amide bonds. The third-order valence-corrected chi connectivity index (χ3v) is 2.80. The van der Waals surface area contributed by atoms with Crippen molar-refractivity contribution >= 4 is 11.9 Å². The van der Waals surface area contributed by atoms with Gasteiger partial charge in [-0.25, -0.2) is 0 Å². The smallest absolute Gasteiger partial charge is 0.305 e. The molecule has 2 heterocycles. The summed E-state index contributed by atoms with van der Waals surface area (Å²) in [4.78, 5) is 25.4. The van der Waals surface area contributed by atoms with Crippen LogP contribution in [0.15, 0.2) is 6.20 Å². The van der Waals surface area contributed by atoms with E-state index in [1.165, 1.54) is 7.11 Å². The topological polar surface area (TPSA) is 71.2 Å². The van der Waals surface area contributed by atoms with E-state index in [1.54, 1.807) is 0 Å². The van der Waals surface area contributed by atoms with E-state index in [0.717, 1.165) is 16.8 Å². The molecule has 2 rings (SSSR count). The average Bonchev–Trinajstić information content (AvgIpc) is 2.68. The van der Waals surface area contributed by atoms with Gasteiger partial charge in [0.05, 0.1) is 20.1 Å². The molecule has 0 radical (unpaired) electrons. The zero-order chi connectivity index (χ0) is 11.5. The van der Waals surface area contributed by atoms with E-state index in [9.17, 15) is 9.59 Å². The Hall–Kier alpha value is -1.78. The summed E-state index contributed by atoms with van der Waals surface area (Å²) in [5, 5.41) is 2.77. The Balaban J connectivity index is 2.08. The van der Waals surface area contributed by atoms with Crippen molar-refractivity contribution < 1.29 is 14.3 Å². The van der Waals surface area contributed by atoms with Gasteiger partial charge in [-0.15, -0.1) is 0 Å². The second-order valence-corrected chi connectivity index (χ2v) is 3.80. The predicted octanol–water partition coefficient (Wildman–Crippen LogP) is 0.293. The van der Waals surface area contributed by atoms with Crippen LogP contribution in [-0.2, 0) is 33.7 Å². The van der Waals surface area contributed by atoms with E-state index in [4.69, 9.17) is 0 Å². The second kappa shape index (κ2) is 4.38. The van der Waals surface area contributed by atoms with Crippen LogP contribution in [0.5, 0.6) is 0 Å². The summed E-state index contributed by atoms with van der Waals surface area (Å²) in [6.07, 6.45) is 3.23. The first-order valence-electron chi connectivity index (χ1n) is 5.22. The van der Waals surface area contributed by atoms with Crippen molar-refractivity contribution in [2.24, 2.45) is 0 Å². The van der Waals surface area contributed by atoms with Crippen molar-refractivity contribution in [3.05, 3.63) is 23.0 Å². The lowest BCUT2D eigenvalue weighted by Gasteiger charge is -2.13. The number of nitrogens with one attached hydrogen (secondary N) is 2. The Morgan fingerprint density at radius 1 is 1.56 bits per heavy atom. The summed E-state index contributed by atoms with van der Waals surface area (Å²) in [6, 6.07) is 0. The van der Waals surface area contributed by atoms with Gasteiger partial charge in [0.25, 0.3) is 0 Å². The minimum Gasteiger partial charge on any atom is -0.469 e. The molecule has 2 N–H and O–H groups in total. The van der Waals surface area contributed by atoms with Gasteiger partial charge in [0.2, 0.25) is 5.91 Å². The van der Waals surface area contributed by atoms with Crippen LogP contribution in [0.1, 0.15) is 23.2 Å². The zero-order valence-corrected chi connectivity index (χ0v) is 9.13. The zero-order valence-electron chi connectivity index (χ0n) is 9.13. The fourth-order valence-corrected chi connectivity index (χ4v) is 1.89. The Morgan fingerprint density at radius 2 is 2.38 bits per heavy atom. The van der Waals surface area contributed by atoms with Crippen LogP contribution in [0.25, 0.3) is 0 Å². The highest BCUT2D eigenvalue weighted by Gasteiger charge is 2.19. The molecule has 0 atom stereocenters. The van der Waals surface area contributed by atoms with Crippen molar-refractivity contribution in [1.82, 2.24) is 10.3 Å². The first-order chi connectivity index (χ1) is 7.70. The molecule has 0 fully saturated rings. The van der Waals surface area contributed by atoms with Gasteiger partial charge in [0.1, 0.15) is 0 Å². The number of amides is 1. The van der Waals surface area contributed by atoms with Crippen LogP contribution < -0.4 is 5.32 Å². The third-order valence-electron chi connectivity index (χ3n) is 2.80. The number of aryl methyl sites for hydroxylation is 1. The second-order valence-electron chi connectivity index (χ2n) is 3.80. The molecule has 0 bridgehead atoms. The number of hydrogen-bond acceptors (Lipinski definition) is 3. The number of ether oxygens (including phenoxy) is 1. The molecule has 0 unspecified atom stereocenters.